The molecule has 4 nitrogen and oxygen atoms in total. The van der Waals surface area contributed by atoms with Crippen LogP contribution in [0.1, 0.15) is 15.9 Å². The zero-order valence-corrected chi connectivity index (χ0v) is 11.6. The smallest absolute Gasteiger partial charge is 0.255 e. The molecule has 0 aliphatic carbocycles. The van der Waals surface area contributed by atoms with Crippen LogP contribution in [0.25, 0.3) is 0 Å². The summed E-state index contributed by atoms with van der Waals surface area (Å²) in [5, 5.41) is 5.80. The molecule has 0 unspecified atom stereocenters. The minimum Gasteiger partial charge on any atom is -0.329 e. The Balaban J connectivity index is 2.18. The van der Waals surface area contributed by atoms with Crippen LogP contribution >= 0.6 is 11.6 Å². The van der Waals surface area contributed by atoms with Crippen LogP contribution in [0.4, 0.5) is 11.4 Å². The number of carbonyl (C=O) groups is 2. The molecule has 0 spiro atoms. The zero-order valence-electron chi connectivity index (χ0n) is 10.8. The van der Waals surface area contributed by atoms with Gasteiger partial charge in [0.15, 0.2) is 0 Å². The molecule has 0 saturated carbocycles. The predicted molar refractivity (Wildman–Crippen MR) is 80.3 cm³/mol. The van der Waals surface area contributed by atoms with Crippen LogP contribution < -0.4 is 10.6 Å². The van der Waals surface area contributed by atoms with Crippen LogP contribution in [-0.4, -0.2) is 12.3 Å². The van der Waals surface area contributed by atoms with E-state index in [2.05, 4.69) is 10.6 Å². The van der Waals surface area contributed by atoms with E-state index < -0.39 is 0 Å². The predicted octanol–water partition coefficient (Wildman–Crippen LogP) is 3.47. The second kappa shape index (κ2) is 6.21. The van der Waals surface area contributed by atoms with Gasteiger partial charge in [-0.25, -0.2) is 0 Å². The summed E-state index contributed by atoms with van der Waals surface area (Å²) >= 11 is 5.93. The van der Waals surface area contributed by atoms with Gasteiger partial charge in [0, 0.05) is 22.0 Å². The molecule has 0 radical (unpaired) electrons. The summed E-state index contributed by atoms with van der Waals surface area (Å²) in [6, 6.07) is 12.0. The Hall–Kier alpha value is -2.33. The Labute approximate surface area is 121 Å². The molecule has 2 rings (SSSR count). The van der Waals surface area contributed by atoms with Gasteiger partial charge >= 0.3 is 0 Å². The number of anilines is 2. The van der Waals surface area contributed by atoms with E-state index in [1.165, 1.54) is 0 Å². The van der Waals surface area contributed by atoms with Crippen molar-refractivity contribution in [3.05, 3.63) is 58.6 Å². The van der Waals surface area contributed by atoms with Crippen LogP contribution in [-0.2, 0) is 4.79 Å². The molecule has 2 aromatic rings. The molecule has 5 heteroatoms. The van der Waals surface area contributed by atoms with E-state index in [0.29, 0.717) is 28.4 Å². The number of halogens is 1. The highest BCUT2D eigenvalue weighted by Gasteiger charge is 2.08. The molecule has 0 bridgehead atoms. The number of hydrogen-bond donors (Lipinski definition) is 2. The lowest BCUT2D eigenvalue weighted by atomic mass is 10.1. The van der Waals surface area contributed by atoms with Crippen molar-refractivity contribution in [2.45, 2.75) is 6.92 Å². The van der Waals surface area contributed by atoms with Crippen molar-refractivity contribution in [2.75, 3.05) is 10.6 Å². The highest BCUT2D eigenvalue weighted by Crippen LogP contribution is 2.18. The summed E-state index contributed by atoms with van der Waals surface area (Å²) in [7, 11) is 0. The highest BCUT2D eigenvalue weighted by molar-refractivity contribution is 6.31. The molecule has 2 amide bonds. The van der Waals surface area contributed by atoms with Gasteiger partial charge in [0.25, 0.3) is 5.91 Å². The molecule has 0 atom stereocenters. The fourth-order valence-electron chi connectivity index (χ4n) is 1.83. The van der Waals surface area contributed by atoms with Crippen LogP contribution in [0.15, 0.2) is 42.5 Å². The summed E-state index contributed by atoms with van der Waals surface area (Å²) in [5.41, 5.74) is 2.61. The largest absolute Gasteiger partial charge is 0.329 e. The molecule has 2 N–H and O–H groups in total. The maximum atomic E-state index is 12.1. The topological polar surface area (TPSA) is 58.2 Å². The Morgan fingerprint density at radius 3 is 2.60 bits per heavy atom. The zero-order chi connectivity index (χ0) is 14.5. The van der Waals surface area contributed by atoms with Gasteiger partial charge in [-0.05, 0) is 48.9 Å². The molecule has 0 heterocycles. The van der Waals surface area contributed by atoms with Crippen LogP contribution in [0, 0.1) is 6.92 Å². The van der Waals surface area contributed by atoms with Gasteiger partial charge in [0.1, 0.15) is 0 Å². The molecule has 0 aromatic heterocycles. The molecule has 2 aromatic carbocycles. The molecule has 102 valence electrons. The van der Waals surface area contributed by atoms with E-state index in [4.69, 9.17) is 11.6 Å². The fraction of sp³-hybridized carbons (Fsp3) is 0.0667. The third kappa shape index (κ3) is 3.59. The summed E-state index contributed by atoms with van der Waals surface area (Å²) in [6.45, 7) is 1.87. The molecule has 0 aliphatic heterocycles. The van der Waals surface area contributed by atoms with Crippen molar-refractivity contribution in [3.63, 3.8) is 0 Å². The maximum absolute atomic E-state index is 12.1. The Bertz CT molecular complexity index is 636. The lowest BCUT2D eigenvalue weighted by Gasteiger charge is -2.08. The van der Waals surface area contributed by atoms with Crippen molar-refractivity contribution < 1.29 is 9.59 Å². The van der Waals surface area contributed by atoms with E-state index in [1.54, 1.807) is 42.5 Å². The number of amides is 2. The van der Waals surface area contributed by atoms with Crippen LogP contribution in [0.3, 0.4) is 0 Å². The molecular formula is C15H13ClN2O2. The van der Waals surface area contributed by atoms with Gasteiger partial charge in [-0.1, -0.05) is 17.7 Å². The van der Waals surface area contributed by atoms with E-state index in [9.17, 15) is 9.59 Å². The summed E-state index contributed by atoms with van der Waals surface area (Å²) < 4.78 is 0. The quantitative estimate of drug-likeness (QED) is 0.846. The van der Waals surface area contributed by atoms with Crippen molar-refractivity contribution in [1.82, 2.24) is 0 Å². The third-order valence-corrected chi connectivity index (χ3v) is 2.87. The molecule has 0 fully saturated rings. The molecule has 0 aliphatic rings. The first kappa shape index (κ1) is 14.1. The number of aryl methyl sites for hydroxylation is 1. The molecular weight excluding hydrogens is 276 g/mol. The van der Waals surface area contributed by atoms with E-state index >= 15 is 0 Å². The average molecular weight is 289 g/mol. The van der Waals surface area contributed by atoms with Gasteiger partial charge in [0.05, 0.1) is 0 Å². The van der Waals surface area contributed by atoms with Gasteiger partial charge in [-0.2, -0.15) is 0 Å². The number of nitrogens with one attached hydrogen (secondary N) is 2. The molecule has 0 saturated heterocycles. The second-order valence-electron chi connectivity index (χ2n) is 4.31. The van der Waals surface area contributed by atoms with Crippen LogP contribution in [0.5, 0.6) is 0 Å². The van der Waals surface area contributed by atoms with Crippen molar-refractivity contribution in [3.8, 4) is 0 Å². The number of hydrogen-bond acceptors (Lipinski definition) is 2. The summed E-state index contributed by atoms with van der Waals surface area (Å²) in [5.74, 6) is -0.251. The fourth-order valence-corrected chi connectivity index (χ4v) is 2.12. The van der Waals surface area contributed by atoms with Crippen LogP contribution in [0.2, 0.25) is 5.02 Å². The van der Waals surface area contributed by atoms with Gasteiger partial charge in [-0.15, -0.1) is 0 Å². The minimum absolute atomic E-state index is 0.251. The second-order valence-corrected chi connectivity index (χ2v) is 4.75. The Morgan fingerprint density at radius 1 is 1.15 bits per heavy atom. The SMILES string of the molecule is Cc1cc(Cl)cc(C(=O)Nc2cccc(NC=O)c2)c1. The lowest BCUT2D eigenvalue weighted by molar-refractivity contribution is -0.105. The number of benzene rings is 2. The molecule has 20 heavy (non-hydrogen) atoms. The van der Waals surface area contributed by atoms with Gasteiger partial charge in [0.2, 0.25) is 6.41 Å². The Morgan fingerprint density at radius 2 is 1.90 bits per heavy atom. The average Bonchev–Trinajstić information content (AvgIpc) is 2.38. The maximum Gasteiger partial charge on any atom is 0.255 e. The summed E-state index contributed by atoms with van der Waals surface area (Å²) in [6.07, 6.45) is 0.585. The number of rotatable bonds is 4. The summed E-state index contributed by atoms with van der Waals surface area (Å²) in [4.78, 5) is 22.5. The van der Waals surface area contributed by atoms with Gasteiger partial charge in [-0.3, -0.25) is 9.59 Å². The van der Waals surface area contributed by atoms with Crippen molar-refractivity contribution in [2.24, 2.45) is 0 Å². The Kier molecular flexibility index (Phi) is 4.38. The van der Waals surface area contributed by atoms with Crippen molar-refractivity contribution >= 4 is 35.3 Å². The van der Waals surface area contributed by atoms with E-state index in [0.717, 1.165) is 5.56 Å². The van der Waals surface area contributed by atoms with E-state index in [1.807, 2.05) is 6.92 Å². The lowest BCUT2D eigenvalue weighted by Crippen LogP contribution is -2.12. The minimum atomic E-state index is -0.251. The number of carbonyl (C=O) groups excluding carboxylic acids is 2. The first-order valence-electron chi connectivity index (χ1n) is 5.97. The monoisotopic (exact) mass is 288 g/mol. The highest BCUT2D eigenvalue weighted by atomic mass is 35.5. The van der Waals surface area contributed by atoms with Crippen molar-refractivity contribution in [1.29, 1.82) is 0 Å². The first-order chi connectivity index (χ1) is 9.58. The van der Waals surface area contributed by atoms with Gasteiger partial charge < -0.3 is 10.6 Å². The standard InChI is InChI=1S/C15H13ClN2O2/c1-10-5-11(7-12(16)6-10)15(20)18-14-4-2-3-13(8-14)17-9-19/h2-9H,1H3,(H,17,19)(H,18,20). The normalized spacial score (nSPS) is 9.90. The van der Waals surface area contributed by atoms with E-state index in [-0.39, 0.29) is 5.91 Å². The first-order valence-corrected chi connectivity index (χ1v) is 6.35. The third-order valence-electron chi connectivity index (χ3n) is 2.65.